The standard InChI is InChI=1S/C13H17N3/c1-10-4-3-7-16-12(10)9-15-13(16)8-11-5-2-6-14-11/h3-4,7,9,11,14H,2,5-6,8H2,1H3. The van der Waals surface area contributed by atoms with Gasteiger partial charge in [0.15, 0.2) is 0 Å². The Morgan fingerprint density at radius 2 is 2.50 bits per heavy atom. The number of nitrogens with one attached hydrogen (secondary N) is 1. The van der Waals surface area contributed by atoms with Gasteiger partial charge in [0.25, 0.3) is 0 Å². The molecule has 0 amide bonds. The Morgan fingerprint density at radius 3 is 3.31 bits per heavy atom. The van der Waals surface area contributed by atoms with Gasteiger partial charge in [-0.1, -0.05) is 6.07 Å². The first-order valence-corrected chi connectivity index (χ1v) is 5.99. The van der Waals surface area contributed by atoms with E-state index in [0.29, 0.717) is 6.04 Å². The number of hydrogen-bond donors (Lipinski definition) is 1. The highest BCUT2D eigenvalue weighted by Gasteiger charge is 2.16. The second-order valence-electron chi connectivity index (χ2n) is 4.62. The monoisotopic (exact) mass is 215 g/mol. The molecule has 1 saturated heterocycles. The van der Waals surface area contributed by atoms with Gasteiger partial charge in [-0.25, -0.2) is 4.98 Å². The quantitative estimate of drug-likeness (QED) is 0.829. The molecule has 3 rings (SSSR count). The van der Waals surface area contributed by atoms with Crippen molar-refractivity contribution in [3.05, 3.63) is 35.9 Å². The number of nitrogens with zero attached hydrogens (tertiary/aromatic N) is 2. The van der Waals surface area contributed by atoms with Crippen LogP contribution in [0.2, 0.25) is 0 Å². The van der Waals surface area contributed by atoms with E-state index in [2.05, 4.69) is 40.0 Å². The molecule has 3 heteroatoms. The Kier molecular flexibility index (Phi) is 2.40. The van der Waals surface area contributed by atoms with Crippen molar-refractivity contribution >= 4 is 5.52 Å². The van der Waals surface area contributed by atoms with Gasteiger partial charge in [0.2, 0.25) is 0 Å². The minimum Gasteiger partial charge on any atom is -0.314 e. The predicted octanol–water partition coefficient (Wildman–Crippen LogP) is 1.94. The summed E-state index contributed by atoms with van der Waals surface area (Å²) in [4.78, 5) is 4.54. The average Bonchev–Trinajstić information content (AvgIpc) is 2.90. The van der Waals surface area contributed by atoms with Crippen LogP contribution in [0.5, 0.6) is 0 Å². The summed E-state index contributed by atoms with van der Waals surface area (Å²) in [6.45, 7) is 3.29. The van der Waals surface area contributed by atoms with Crippen molar-refractivity contribution in [3.63, 3.8) is 0 Å². The molecule has 2 aromatic heterocycles. The fraction of sp³-hybridized carbons (Fsp3) is 0.462. The van der Waals surface area contributed by atoms with E-state index in [4.69, 9.17) is 0 Å². The minimum absolute atomic E-state index is 0.617. The number of rotatable bonds is 2. The van der Waals surface area contributed by atoms with Crippen LogP contribution in [0.4, 0.5) is 0 Å². The molecular formula is C13H17N3. The van der Waals surface area contributed by atoms with E-state index >= 15 is 0 Å². The maximum atomic E-state index is 4.54. The number of fused-ring (bicyclic) bond motifs is 1. The molecule has 0 aliphatic carbocycles. The lowest BCUT2D eigenvalue weighted by molar-refractivity contribution is 0.584. The molecule has 1 aliphatic heterocycles. The van der Waals surface area contributed by atoms with Gasteiger partial charge in [0, 0.05) is 18.7 Å². The van der Waals surface area contributed by atoms with Crippen LogP contribution in [-0.2, 0) is 6.42 Å². The lowest BCUT2D eigenvalue weighted by Crippen LogP contribution is -2.24. The maximum Gasteiger partial charge on any atom is 0.114 e. The third-order valence-electron chi connectivity index (χ3n) is 3.45. The fourth-order valence-corrected chi connectivity index (χ4v) is 2.52. The normalized spacial score (nSPS) is 20.7. The summed E-state index contributed by atoms with van der Waals surface area (Å²) in [6.07, 6.45) is 7.71. The molecule has 1 fully saturated rings. The highest BCUT2D eigenvalue weighted by molar-refractivity contribution is 5.53. The number of aromatic nitrogens is 2. The van der Waals surface area contributed by atoms with Crippen molar-refractivity contribution in [1.29, 1.82) is 0 Å². The van der Waals surface area contributed by atoms with Gasteiger partial charge in [0.1, 0.15) is 5.82 Å². The third-order valence-corrected chi connectivity index (χ3v) is 3.45. The number of hydrogen-bond acceptors (Lipinski definition) is 2. The Hall–Kier alpha value is -1.35. The summed E-state index contributed by atoms with van der Waals surface area (Å²) in [5.41, 5.74) is 2.52. The fourth-order valence-electron chi connectivity index (χ4n) is 2.52. The average molecular weight is 215 g/mol. The van der Waals surface area contributed by atoms with Crippen LogP contribution in [0, 0.1) is 6.92 Å². The molecule has 0 spiro atoms. The van der Waals surface area contributed by atoms with Crippen LogP contribution >= 0.6 is 0 Å². The number of aryl methyl sites for hydroxylation is 1. The van der Waals surface area contributed by atoms with Crippen LogP contribution < -0.4 is 5.32 Å². The molecule has 0 bridgehead atoms. The van der Waals surface area contributed by atoms with Crippen LogP contribution in [0.1, 0.15) is 24.2 Å². The summed E-state index contributed by atoms with van der Waals surface area (Å²) < 4.78 is 2.22. The van der Waals surface area contributed by atoms with Gasteiger partial charge < -0.3 is 9.72 Å². The molecule has 3 nitrogen and oxygen atoms in total. The molecule has 1 N–H and O–H groups in total. The summed E-state index contributed by atoms with van der Waals surface area (Å²) in [6, 6.07) is 4.84. The molecule has 0 aromatic carbocycles. The second kappa shape index (κ2) is 3.91. The van der Waals surface area contributed by atoms with E-state index in [0.717, 1.165) is 13.0 Å². The zero-order valence-electron chi connectivity index (χ0n) is 9.61. The molecule has 1 unspecified atom stereocenters. The van der Waals surface area contributed by atoms with Crippen LogP contribution in [0.25, 0.3) is 5.52 Å². The smallest absolute Gasteiger partial charge is 0.114 e. The maximum absolute atomic E-state index is 4.54. The predicted molar refractivity (Wildman–Crippen MR) is 64.7 cm³/mol. The SMILES string of the molecule is Cc1cccn2c(CC3CCCN3)ncc12. The molecule has 1 aliphatic rings. The van der Waals surface area contributed by atoms with Crippen molar-refractivity contribution < 1.29 is 0 Å². The van der Waals surface area contributed by atoms with Crippen LogP contribution in [-0.4, -0.2) is 22.0 Å². The van der Waals surface area contributed by atoms with Crippen molar-refractivity contribution in [3.8, 4) is 0 Å². The van der Waals surface area contributed by atoms with E-state index in [1.54, 1.807) is 0 Å². The third kappa shape index (κ3) is 1.61. The Bertz CT molecular complexity index is 495. The van der Waals surface area contributed by atoms with E-state index in [1.807, 2.05) is 6.20 Å². The summed E-state index contributed by atoms with van der Waals surface area (Å²) in [7, 11) is 0. The molecule has 16 heavy (non-hydrogen) atoms. The van der Waals surface area contributed by atoms with E-state index in [1.165, 1.54) is 29.7 Å². The molecule has 0 radical (unpaired) electrons. The van der Waals surface area contributed by atoms with Crippen LogP contribution in [0.15, 0.2) is 24.5 Å². The highest BCUT2D eigenvalue weighted by Crippen LogP contribution is 2.15. The van der Waals surface area contributed by atoms with Crippen LogP contribution in [0.3, 0.4) is 0 Å². The Morgan fingerprint density at radius 1 is 1.56 bits per heavy atom. The topological polar surface area (TPSA) is 29.3 Å². The zero-order valence-corrected chi connectivity index (χ0v) is 9.61. The zero-order chi connectivity index (χ0) is 11.0. The van der Waals surface area contributed by atoms with Gasteiger partial charge in [-0.15, -0.1) is 0 Å². The lowest BCUT2D eigenvalue weighted by atomic mass is 10.1. The van der Waals surface area contributed by atoms with Crippen molar-refractivity contribution in [2.45, 2.75) is 32.2 Å². The first kappa shape index (κ1) is 9.85. The second-order valence-corrected chi connectivity index (χ2v) is 4.62. The van der Waals surface area contributed by atoms with E-state index in [-0.39, 0.29) is 0 Å². The number of imidazole rings is 1. The van der Waals surface area contributed by atoms with Gasteiger partial charge in [-0.3, -0.25) is 0 Å². The lowest BCUT2D eigenvalue weighted by Gasteiger charge is -2.09. The summed E-state index contributed by atoms with van der Waals surface area (Å²) >= 11 is 0. The molecule has 1 atom stereocenters. The largest absolute Gasteiger partial charge is 0.314 e. The van der Waals surface area contributed by atoms with Gasteiger partial charge in [0.05, 0.1) is 11.7 Å². The first-order valence-electron chi connectivity index (χ1n) is 5.99. The highest BCUT2D eigenvalue weighted by atomic mass is 15.0. The van der Waals surface area contributed by atoms with Crippen molar-refractivity contribution in [2.75, 3.05) is 6.54 Å². The van der Waals surface area contributed by atoms with E-state index < -0.39 is 0 Å². The Labute approximate surface area is 95.5 Å². The molecule has 3 heterocycles. The summed E-state index contributed by atoms with van der Waals surface area (Å²) in [5.74, 6) is 1.18. The number of pyridine rings is 1. The molecule has 0 saturated carbocycles. The first-order chi connectivity index (χ1) is 7.84. The Balaban J connectivity index is 1.94. The van der Waals surface area contributed by atoms with Crippen molar-refractivity contribution in [1.82, 2.24) is 14.7 Å². The summed E-state index contributed by atoms with van der Waals surface area (Å²) in [5, 5.41) is 3.52. The van der Waals surface area contributed by atoms with Gasteiger partial charge in [-0.05, 0) is 37.9 Å². The molecular weight excluding hydrogens is 198 g/mol. The molecule has 2 aromatic rings. The minimum atomic E-state index is 0.617. The van der Waals surface area contributed by atoms with Crippen molar-refractivity contribution in [2.24, 2.45) is 0 Å². The van der Waals surface area contributed by atoms with Gasteiger partial charge in [-0.2, -0.15) is 0 Å². The van der Waals surface area contributed by atoms with E-state index in [9.17, 15) is 0 Å². The molecule has 84 valence electrons. The van der Waals surface area contributed by atoms with Gasteiger partial charge >= 0.3 is 0 Å².